The van der Waals surface area contributed by atoms with Crippen molar-refractivity contribution in [3.63, 3.8) is 0 Å². The molecule has 2 aromatic heterocycles. The summed E-state index contributed by atoms with van der Waals surface area (Å²) in [5.74, 6) is 0. The van der Waals surface area contributed by atoms with Gasteiger partial charge in [-0.15, -0.1) is 11.3 Å². The molecule has 0 bridgehead atoms. The van der Waals surface area contributed by atoms with Crippen molar-refractivity contribution in [2.24, 2.45) is 0 Å². The summed E-state index contributed by atoms with van der Waals surface area (Å²) in [6.45, 7) is 4.13. The maximum Gasteiger partial charge on any atom is 0.148 e. The molecule has 3 rings (SSSR count). The highest BCUT2D eigenvalue weighted by Gasteiger charge is 2.16. The zero-order chi connectivity index (χ0) is 7.97. The standard InChI is InChI=1S/C8H7N3S/c1-2-9-3-5-6(1)11-8-7(5)12-4-10-8/h4,9,11H,1-2H2. The lowest BCUT2D eigenvalue weighted by atomic mass is 10.1. The van der Waals surface area contributed by atoms with Crippen molar-refractivity contribution < 1.29 is 0 Å². The van der Waals surface area contributed by atoms with Crippen LogP contribution in [0.5, 0.6) is 0 Å². The fraction of sp³-hybridized carbons (Fsp3) is 0.250. The highest BCUT2D eigenvalue weighted by atomic mass is 32.1. The molecule has 0 fully saturated rings. The summed E-state index contributed by atoms with van der Waals surface area (Å²) in [4.78, 5) is 7.51. The quantitative estimate of drug-likeness (QED) is 0.634. The summed E-state index contributed by atoms with van der Waals surface area (Å²) < 4.78 is 1.22. The highest BCUT2D eigenvalue weighted by Crippen LogP contribution is 2.27. The van der Waals surface area contributed by atoms with E-state index in [0.29, 0.717) is 0 Å². The molecule has 1 aliphatic heterocycles. The van der Waals surface area contributed by atoms with Crippen molar-refractivity contribution in [2.75, 3.05) is 6.54 Å². The fourth-order valence-electron chi connectivity index (χ4n) is 1.51. The van der Waals surface area contributed by atoms with Crippen molar-refractivity contribution in [3.05, 3.63) is 23.3 Å². The van der Waals surface area contributed by atoms with E-state index >= 15 is 0 Å². The number of hydrogen-bond donors (Lipinski definition) is 2. The minimum Gasteiger partial charge on any atom is -0.342 e. The van der Waals surface area contributed by atoms with Gasteiger partial charge >= 0.3 is 0 Å². The number of fused-ring (bicyclic) bond motifs is 3. The Balaban J connectivity index is 2.34. The number of thiazole rings is 1. The zero-order valence-electron chi connectivity index (χ0n) is 6.35. The molecule has 0 aromatic carbocycles. The third kappa shape index (κ3) is 0.763. The first-order chi connectivity index (χ1) is 5.95. The number of hydrogen-bond acceptors (Lipinski definition) is 3. The lowest BCUT2D eigenvalue weighted by Gasteiger charge is -2.10. The Labute approximate surface area is 73.8 Å². The Morgan fingerprint density at radius 3 is 3.58 bits per heavy atom. The van der Waals surface area contributed by atoms with Crippen molar-refractivity contribution in [2.45, 2.75) is 6.42 Å². The van der Waals surface area contributed by atoms with E-state index in [4.69, 9.17) is 0 Å². The molecule has 4 heteroatoms. The predicted octanol–water partition coefficient (Wildman–Crippen LogP) is 1.16. The van der Waals surface area contributed by atoms with Crippen LogP contribution in [0.2, 0.25) is 0 Å². The van der Waals surface area contributed by atoms with Gasteiger partial charge in [-0.25, -0.2) is 4.98 Å². The van der Waals surface area contributed by atoms with Gasteiger partial charge in [-0.1, -0.05) is 0 Å². The molecular weight excluding hydrogens is 170 g/mol. The van der Waals surface area contributed by atoms with E-state index in [1.807, 2.05) is 5.51 Å². The molecule has 0 spiro atoms. The smallest absolute Gasteiger partial charge is 0.148 e. The topological polar surface area (TPSA) is 40.7 Å². The first kappa shape index (κ1) is 6.62. The first-order valence-corrected chi connectivity index (χ1v) is 4.76. The average Bonchev–Trinajstić information content (AvgIpc) is 2.62. The molecule has 2 N–H and O–H groups in total. The molecule has 3 heterocycles. The maximum absolute atomic E-state index is 4.22. The van der Waals surface area contributed by atoms with E-state index in [-0.39, 0.29) is 0 Å². The Hall–Kier alpha value is -0.870. The van der Waals surface area contributed by atoms with Crippen LogP contribution < -0.4 is 5.32 Å². The first-order valence-electron chi connectivity index (χ1n) is 3.88. The second-order valence-electron chi connectivity index (χ2n) is 2.81. The molecule has 60 valence electrons. The Bertz CT molecular complexity index is 415. The summed E-state index contributed by atoms with van der Waals surface area (Å²) >= 11 is 1.66. The molecule has 3 nitrogen and oxygen atoms in total. The van der Waals surface area contributed by atoms with Crippen LogP contribution in [0.1, 0.15) is 11.3 Å². The van der Waals surface area contributed by atoms with E-state index in [1.165, 1.54) is 16.0 Å². The van der Waals surface area contributed by atoms with Crippen LogP contribution in [-0.2, 0) is 6.42 Å². The molecule has 0 unspecified atom stereocenters. The van der Waals surface area contributed by atoms with Crippen LogP contribution in [0, 0.1) is 6.54 Å². The Morgan fingerprint density at radius 2 is 2.58 bits per heavy atom. The largest absolute Gasteiger partial charge is 0.342 e. The number of H-pyrrole nitrogens is 1. The number of rotatable bonds is 0. The molecule has 12 heavy (non-hydrogen) atoms. The van der Waals surface area contributed by atoms with E-state index in [9.17, 15) is 0 Å². The fourth-order valence-corrected chi connectivity index (χ4v) is 2.28. The van der Waals surface area contributed by atoms with Gasteiger partial charge in [0.15, 0.2) is 0 Å². The van der Waals surface area contributed by atoms with Crippen molar-refractivity contribution in [3.8, 4) is 0 Å². The van der Waals surface area contributed by atoms with Gasteiger partial charge in [0, 0.05) is 24.2 Å². The highest BCUT2D eigenvalue weighted by molar-refractivity contribution is 7.17. The molecule has 0 saturated carbocycles. The summed E-state index contributed by atoms with van der Waals surface area (Å²) in [5.41, 5.74) is 5.31. The summed E-state index contributed by atoms with van der Waals surface area (Å²) in [6.07, 6.45) is 1.05. The van der Waals surface area contributed by atoms with E-state index < -0.39 is 0 Å². The molecule has 0 amide bonds. The summed E-state index contributed by atoms with van der Waals surface area (Å²) in [5, 5.41) is 3.12. The molecular formula is C8H7N3S. The molecule has 0 atom stereocenters. The van der Waals surface area contributed by atoms with Gasteiger partial charge in [-0.05, 0) is 0 Å². The minimum absolute atomic E-state index is 0.973. The predicted molar refractivity (Wildman–Crippen MR) is 48.0 cm³/mol. The van der Waals surface area contributed by atoms with Gasteiger partial charge < -0.3 is 10.3 Å². The lowest BCUT2D eigenvalue weighted by molar-refractivity contribution is 0.744. The van der Waals surface area contributed by atoms with Crippen molar-refractivity contribution in [1.29, 1.82) is 0 Å². The van der Waals surface area contributed by atoms with Gasteiger partial charge in [0.2, 0.25) is 0 Å². The maximum atomic E-state index is 4.22. The van der Waals surface area contributed by atoms with Crippen molar-refractivity contribution in [1.82, 2.24) is 15.3 Å². The zero-order valence-corrected chi connectivity index (χ0v) is 7.16. The normalized spacial score (nSPS) is 16.7. The van der Waals surface area contributed by atoms with Crippen LogP contribution in [-0.4, -0.2) is 16.5 Å². The monoisotopic (exact) mass is 177 g/mol. The van der Waals surface area contributed by atoms with E-state index in [2.05, 4.69) is 21.8 Å². The lowest BCUT2D eigenvalue weighted by Crippen LogP contribution is -2.20. The van der Waals surface area contributed by atoms with Crippen LogP contribution in [0.15, 0.2) is 5.51 Å². The van der Waals surface area contributed by atoms with Crippen LogP contribution >= 0.6 is 11.3 Å². The molecule has 2 radical (unpaired) electrons. The second-order valence-corrected chi connectivity index (χ2v) is 3.67. The molecule has 2 aromatic rings. The third-order valence-electron chi connectivity index (χ3n) is 2.08. The van der Waals surface area contributed by atoms with Crippen LogP contribution in [0.3, 0.4) is 0 Å². The van der Waals surface area contributed by atoms with E-state index in [1.54, 1.807) is 11.3 Å². The Kier molecular flexibility index (Phi) is 1.27. The number of nitrogens with one attached hydrogen (secondary N) is 2. The number of aromatic nitrogens is 2. The van der Waals surface area contributed by atoms with Crippen molar-refractivity contribution >= 4 is 21.7 Å². The Morgan fingerprint density at radius 1 is 1.58 bits per heavy atom. The molecule has 0 aliphatic carbocycles. The summed E-state index contributed by atoms with van der Waals surface area (Å²) in [7, 11) is 0. The third-order valence-corrected chi connectivity index (χ3v) is 2.92. The van der Waals surface area contributed by atoms with Crippen LogP contribution in [0.4, 0.5) is 0 Å². The van der Waals surface area contributed by atoms with Gasteiger partial charge in [-0.3, -0.25) is 0 Å². The van der Waals surface area contributed by atoms with E-state index in [0.717, 1.165) is 18.6 Å². The average molecular weight is 177 g/mol. The second kappa shape index (κ2) is 2.31. The van der Waals surface area contributed by atoms with Gasteiger partial charge in [-0.2, -0.15) is 0 Å². The molecule has 0 saturated heterocycles. The minimum atomic E-state index is 0.973. The van der Waals surface area contributed by atoms with Gasteiger partial charge in [0.05, 0.1) is 16.8 Å². The van der Waals surface area contributed by atoms with Gasteiger partial charge in [0.25, 0.3) is 0 Å². The van der Waals surface area contributed by atoms with Gasteiger partial charge in [0.1, 0.15) is 5.65 Å². The molecule has 1 aliphatic rings. The summed E-state index contributed by atoms with van der Waals surface area (Å²) in [6, 6.07) is 0. The SMILES string of the molecule is [C]1NCCc2[nH]c3ncsc3c21. The number of nitrogens with zero attached hydrogens (tertiary/aromatic N) is 1. The van der Waals surface area contributed by atoms with Crippen LogP contribution in [0.25, 0.3) is 10.3 Å². The number of aromatic amines is 1.